The fraction of sp³-hybridized carbons (Fsp3) is 0.167. The van der Waals surface area contributed by atoms with Gasteiger partial charge in [-0.25, -0.2) is 4.68 Å². The number of aryl methyl sites for hydroxylation is 1. The SMILES string of the molecule is N#CCCn1nc(-c2ccc(Cl)cc2)cc1N. The molecule has 0 aliphatic heterocycles. The fourth-order valence-corrected chi connectivity index (χ4v) is 1.65. The predicted molar refractivity (Wildman–Crippen MR) is 67.3 cm³/mol. The number of nitrogens with zero attached hydrogens (tertiary/aromatic N) is 3. The summed E-state index contributed by atoms with van der Waals surface area (Å²) in [5.41, 5.74) is 7.56. The maximum absolute atomic E-state index is 8.53. The lowest BCUT2D eigenvalue weighted by Gasteiger charge is -1.99. The van der Waals surface area contributed by atoms with Gasteiger partial charge < -0.3 is 5.73 Å². The van der Waals surface area contributed by atoms with Crippen LogP contribution < -0.4 is 5.73 Å². The molecular formula is C12H11ClN4. The minimum absolute atomic E-state index is 0.395. The van der Waals surface area contributed by atoms with E-state index in [2.05, 4.69) is 11.2 Å². The molecule has 4 nitrogen and oxygen atoms in total. The highest BCUT2D eigenvalue weighted by atomic mass is 35.5. The van der Waals surface area contributed by atoms with Gasteiger partial charge in [-0.3, -0.25) is 0 Å². The molecule has 17 heavy (non-hydrogen) atoms. The number of hydrogen-bond acceptors (Lipinski definition) is 3. The normalized spacial score (nSPS) is 10.1. The molecule has 2 aromatic rings. The number of hydrogen-bond donors (Lipinski definition) is 1. The molecule has 0 saturated heterocycles. The van der Waals surface area contributed by atoms with Crippen molar-refractivity contribution in [3.63, 3.8) is 0 Å². The molecule has 0 unspecified atom stereocenters. The third-order valence-electron chi connectivity index (χ3n) is 2.39. The van der Waals surface area contributed by atoms with Gasteiger partial charge in [0.2, 0.25) is 0 Å². The topological polar surface area (TPSA) is 67.6 Å². The molecule has 0 saturated carbocycles. The van der Waals surface area contributed by atoms with E-state index in [1.807, 2.05) is 12.1 Å². The summed E-state index contributed by atoms with van der Waals surface area (Å²) in [6, 6.07) is 11.2. The molecule has 0 aliphatic rings. The Labute approximate surface area is 104 Å². The second kappa shape index (κ2) is 4.89. The van der Waals surface area contributed by atoms with Gasteiger partial charge in [0.05, 0.1) is 24.7 Å². The van der Waals surface area contributed by atoms with Gasteiger partial charge in [-0.15, -0.1) is 0 Å². The molecule has 0 fully saturated rings. The molecule has 1 heterocycles. The molecular weight excluding hydrogens is 236 g/mol. The number of nitrogen functional groups attached to an aromatic ring is 1. The quantitative estimate of drug-likeness (QED) is 0.905. The summed E-state index contributed by atoms with van der Waals surface area (Å²) in [4.78, 5) is 0. The summed E-state index contributed by atoms with van der Waals surface area (Å²) >= 11 is 5.82. The van der Waals surface area contributed by atoms with Gasteiger partial charge in [-0.1, -0.05) is 23.7 Å². The Balaban J connectivity index is 2.28. The second-order valence-corrected chi connectivity index (χ2v) is 4.03. The Kier molecular flexibility index (Phi) is 3.31. The second-order valence-electron chi connectivity index (χ2n) is 3.59. The van der Waals surface area contributed by atoms with Gasteiger partial charge in [0, 0.05) is 16.7 Å². The predicted octanol–water partition coefficient (Wildman–Crippen LogP) is 2.70. The number of anilines is 1. The molecule has 5 heteroatoms. The molecule has 0 bridgehead atoms. The Morgan fingerprint density at radius 2 is 2.06 bits per heavy atom. The zero-order valence-electron chi connectivity index (χ0n) is 9.10. The summed E-state index contributed by atoms with van der Waals surface area (Å²) in [6.45, 7) is 0.510. The van der Waals surface area contributed by atoms with Crippen molar-refractivity contribution >= 4 is 17.4 Å². The average Bonchev–Trinajstić information content (AvgIpc) is 2.69. The van der Waals surface area contributed by atoms with Crippen LogP contribution in [-0.4, -0.2) is 9.78 Å². The van der Waals surface area contributed by atoms with Crippen LogP contribution in [0.1, 0.15) is 6.42 Å². The van der Waals surface area contributed by atoms with Crippen molar-refractivity contribution in [3.05, 3.63) is 35.4 Å². The molecule has 0 radical (unpaired) electrons. The monoisotopic (exact) mass is 246 g/mol. The van der Waals surface area contributed by atoms with Crippen LogP contribution in [0.4, 0.5) is 5.82 Å². The van der Waals surface area contributed by atoms with Gasteiger partial charge in [-0.05, 0) is 12.1 Å². The molecule has 0 aliphatic carbocycles. The van der Waals surface area contributed by atoms with E-state index in [-0.39, 0.29) is 0 Å². The lowest BCUT2D eigenvalue weighted by Crippen LogP contribution is -2.03. The minimum Gasteiger partial charge on any atom is -0.384 e. The lowest BCUT2D eigenvalue weighted by molar-refractivity contribution is 0.639. The van der Waals surface area contributed by atoms with Crippen LogP contribution in [0.25, 0.3) is 11.3 Å². The van der Waals surface area contributed by atoms with Crippen molar-refractivity contribution in [3.8, 4) is 17.3 Å². The Bertz CT molecular complexity index is 551. The van der Waals surface area contributed by atoms with E-state index in [1.54, 1.807) is 22.9 Å². The Morgan fingerprint density at radius 3 is 2.71 bits per heavy atom. The van der Waals surface area contributed by atoms with E-state index in [9.17, 15) is 0 Å². The zero-order chi connectivity index (χ0) is 12.3. The molecule has 1 aromatic heterocycles. The van der Waals surface area contributed by atoms with Gasteiger partial charge in [-0.2, -0.15) is 10.4 Å². The molecule has 2 rings (SSSR count). The summed E-state index contributed by atoms with van der Waals surface area (Å²) in [5, 5.41) is 13.6. The first kappa shape index (κ1) is 11.5. The molecule has 86 valence electrons. The first-order valence-corrected chi connectivity index (χ1v) is 5.54. The van der Waals surface area contributed by atoms with Crippen LogP contribution in [0.5, 0.6) is 0 Å². The van der Waals surface area contributed by atoms with Crippen LogP contribution in [0.3, 0.4) is 0 Å². The third kappa shape index (κ3) is 2.58. The minimum atomic E-state index is 0.395. The van der Waals surface area contributed by atoms with Crippen molar-refractivity contribution in [1.82, 2.24) is 9.78 Å². The molecule has 1 aromatic carbocycles. The average molecular weight is 247 g/mol. The summed E-state index contributed by atoms with van der Waals surface area (Å²) in [5.74, 6) is 0.560. The number of benzene rings is 1. The number of rotatable bonds is 3. The summed E-state index contributed by atoms with van der Waals surface area (Å²) in [7, 11) is 0. The van der Waals surface area contributed by atoms with Gasteiger partial charge in [0.25, 0.3) is 0 Å². The highest BCUT2D eigenvalue weighted by Gasteiger charge is 2.06. The first-order valence-electron chi connectivity index (χ1n) is 5.17. The Hall–Kier alpha value is -1.99. The van der Waals surface area contributed by atoms with Gasteiger partial charge in [0.15, 0.2) is 0 Å². The van der Waals surface area contributed by atoms with E-state index in [1.165, 1.54) is 0 Å². The van der Waals surface area contributed by atoms with Crippen molar-refractivity contribution in [2.24, 2.45) is 0 Å². The van der Waals surface area contributed by atoms with E-state index in [0.29, 0.717) is 23.8 Å². The number of halogens is 1. The van der Waals surface area contributed by atoms with Crippen molar-refractivity contribution < 1.29 is 0 Å². The molecule has 0 atom stereocenters. The summed E-state index contributed by atoms with van der Waals surface area (Å²) < 4.78 is 1.63. The lowest BCUT2D eigenvalue weighted by atomic mass is 10.1. The van der Waals surface area contributed by atoms with Crippen LogP contribution in [-0.2, 0) is 6.54 Å². The fourth-order valence-electron chi connectivity index (χ4n) is 1.53. The van der Waals surface area contributed by atoms with E-state index < -0.39 is 0 Å². The largest absolute Gasteiger partial charge is 0.384 e. The van der Waals surface area contributed by atoms with Gasteiger partial charge >= 0.3 is 0 Å². The van der Waals surface area contributed by atoms with Crippen molar-refractivity contribution in [2.75, 3.05) is 5.73 Å². The van der Waals surface area contributed by atoms with Gasteiger partial charge in [0.1, 0.15) is 5.82 Å². The van der Waals surface area contributed by atoms with E-state index in [0.717, 1.165) is 11.3 Å². The first-order chi connectivity index (χ1) is 8.20. The maximum atomic E-state index is 8.53. The molecule has 0 spiro atoms. The smallest absolute Gasteiger partial charge is 0.122 e. The van der Waals surface area contributed by atoms with Crippen LogP contribution in [0, 0.1) is 11.3 Å². The molecule has 2 N–H and O–H groups in total. The highest BCUT2D eigenvalue weighted by Crippen LogP contribution is 2.22. The van der Waals surface area contributed by atoms with Crippen LogP contribution >= 0.6 is 11.6 Å². The van der Waals surface area contributed by atoms with Crippen LogP contribution in [0.15, 0.2) is 30.3 Å². The number of nitrogens with two attached hydrogens (primary N) is 1. The Morgan fingerprint density at radius 1 is 1.35 bits per heavy atom. The summed E-state index contributed by atoms with van der Waals surface area (Å²) in [6.07, 6.45) is 0.395. The van der Waals surface area contributed by atoms with E-state index in [4.69, 9.17) is 22.6 Å². The standard InChI is InChI=1S/C12H11ClN4/c13-10-4-2-9(3-5-10)11-8-12(15)17(16-11)7-1-6-14/h2-5,8H,1,7,15H2. The highest BCUT2D eigenvalue weighted by molar-refractivity contribution is 6.30. The van der Waals surface area contributed by atoms with E-state index >= 15 is 0 Å². The number of aromatic nitrogens is 2. The zero-order valence-corrected chi connectivity index (χ0v) is 9.85. The van der Waals surface area contributed by atoms with Crippen molar-refractivity contribution in [2.45, 2.75) is 13.0 Å². The molecule has 0 amide bonds. The number of nitriles is 1. The third-order valence-corrected chi connectivity index (χ3v) is 2.64. The van der Waals surface area contributed by atoms with Crippen LogP contribution in [0.2, 0.25) is 5.02 Å². The van der Waals surface area contributed by atoms with Crippen molar-refractivity contribution in [1.29, 1.82) is 5.26 Å². The maximum Gasteiger partial charge on any atom is 0.122 e.